The standard InChI is InChI=1S/C19H26N2O3S2/c1-5-17-14(4)12-18(25-17)19(22)20-13-15-8-10-16(11-9-15)26(23,24)21(6-2)7-3/h8-12H,5-7,13H2,1-4H3,(H,20,22). The minimum atomic E-state index is -3.45. The monoisotopic (exact) mass is 394 g/mol. The summed E-state index contributed by atoms with van der Waals surface area (Å²) in [7, 11) is -3.45. The predicted molar refractivity (Wildman–Crippen MR) is 106 cm³/mol. The summed E-state index contributed by atoms with van der Waals surface area (Å²) in [5.41, 5.74) is 2.01. The van der Waals surface area contributed by atoms with Gasteiger partial charge in [-0.25, -0.2) is 8.42 Å². The van der Waals surface area contributed by atoms with Gasteiger partial charge in [-0.1, -0.05) is 32.9 Å². The number of carbonyl (C=O) groups is 1. The number of amides is 1. The summed E-state index contributed by atoms with van der Waals surface area (Å²) in [5, 5.41) is 2.89. The van der Waals surface area contributed by atoms with Crippen molar-refractivity contribution < 1.29 is 13.2 Å². The Bertz CT molecular complexity index is 851. The van der Waals surface area contributed by atoms with Crippen molar-refractivity contribution >= 4 is 27.3 Å². The maximum Gasteiger partial charge on any atom is 0.261 e. The van der Waals surface area contributed by atoms with Crippen molar-refractivity contribution in [3.8, 4) is 0 Å². The first-order valence-corrected chi connectivity index (χ1v) is 11.1. The Morgan fingerprint density at radius 3 is 2.23 bits per heavy atom. The van der Waals surface area contributed by atoms with E-state index in [1.807, 2.05) is 26.8 Å². The number of sulfonamides is 1. The summed E-state index contributed by atoms with van der Waals surface area (Å²) in [6.45, 7) is 8.98. The van der Waals surface area contributed by atoms with Crippen LogP contribution < -0.4 is 5.32 Å². The second-order valence-corrected chi connectivity index (χ2v) is 9.06. The molecule has 0 atom stereocenters. The molecule has 0 saturated heterocycles. The SMILES string of the molecule is CCc1sc(C(=O)NCc2ccc(S(=O)(=O)N(CC)CC)cc2)cc1C. The zero-order valence-electron chi connectivity index (χ0n) is 15.7. The van der Waals surface area contributed by atoms with Crippen LogP contribution in [0.5, 0.6) is 0 Å². The minimum absolute atomic E-state index is 0.0994. The number of rotatable bonds is 8. The molecule has 1 amide bonds. The number of benzene rings is 1. The molecule has 5 nitrogen and oxygen atoms in total. The maximum absolute atomic E-state index is 12.5. The lowest BCUT2D eigenvalue weighted by molar-refractivity contribution is 0.0955. The van der Waals surface area contributed by atoms with E-state index in [1.165, 1.54) is 20.5 Å². The minimum Gasteiger partial charge on any atom is -0.347 e. The third-order valence-electron chi connectivity index (χ3n) is 4.29. The number of carbonyl (C=O) groups excluding carboxylic acids is 1. The lowest BCUT2D eigenvalue weighted by Gasteiger charge is -2.18. The van der Waals surface area contributed by atoms with E-state index in [0.29, 0.717) is 24.5 Å². The molecular formula is C19H26N2O3S2. The van der Waals surface area contributed by atoms with Gasteiger partial charge < -0.3 is 5.32 Å². The zero-order chi connectivity index (χ0) is 19.3. The molecule has 7 heteroatoms. The molecule has 1 aromatic carbocycles. The van der Waals surface area contributed by atoms with Crippen LogP contribution in [0, 0.1) is 6.92 Å². The average molecular weight is 395 g/mol. The van der Waals surface area contributed by atoms with Crippen molar-refractivity contribution in [2.24, 2.45) is 0 Å². The Morgan fingerprint density at radius 2 is 1.73 bits per heavy atom. The summed E-state index contributed by atoms with van der Waals surface area (Å²) in [6.07, 6.45) is 0.923. The molecule has 0 saturated carbocycles. The molecule has 2 aromatic rings. The Morgan fingerprint density at radius 1 is 1.12 bits per heavy atom. The fourth-order valence-electron chi connectivity index (χ4n) is 2.74. The van der Waals surface area contributed by atoms with Crippen LogP contribution in [-0.4, -0.2) is 31.7 Å². The Balaban J connectivity index is 2.04. The van der Waals surface area contributed by atoms with E-state index in [2.05, 4.69) is 12.2 Å². The maximum atomic E-state index is 12.5. The lowest BCUT2D eigenvalue weighted by atomic mass is 10.2. The van der Waals surface area contributed by atoms with Gasteiger partial charge in [-0.15, -0.1) is 11.3 Å². The van der Waals surface area contributed by atoms with E-state index < -0.39 is 10.0 Å². The normalized spacial score (nSPS) is 11.7. The van der Waals surface area contributed by atoms with Crippen LogP contribution in [0.2, 0.25) is 0 Å². The highest BCUT2D eigenvalue weighted by Gasteiger charge is 2.21. The van der Waals surface area contributed by atoms with Gasteiger partial charge in [0.25, 0.3) is 5.91 Å². The molecule has 0 aliphatic carbocycles. The molecule has 1 N–H and O–H groups in total. The highest BCUT2D eigenvalue weighted by Crippen LogP contribution is 2.22. The van der Waals surface area contributed by atoms with Crippen LogP contribution in [0.15, 0.2) is 35.2 Å². The van der Waals surface area contributed by atoms with E-state index in [9.17, 15) is 13.2 Å². The quantitative estimate of drug-likeness (QED) is 0.744. The lowest BCUT2D eigenvalue weighted by Crippen LogP contribution is -2.30. The fraction of sp³-hybridized carbons (Fsp3) is 0.421. The number of hydrogen-bond acceptors (Lipinski definition) is 4. The fourth-order valence-corrected chi connectivity index (χ4v) is 5.23. The van der Waals surface area contributed by atoms with Crippen molar-refractivity contribution in [3.05, 3.63) is 51.2 Å². The molecule has 0 aliphatic heterocycles. The van der Waals surface area contributed by atoms with Gasteiger partial charge in [-0.05, 0) is 42.7 Å². The Hall–Kier alpha value is -1.70. The topological polar surface area (TPSA) is 66.5 Å². The van der Waals surface area contributed by atoms with Crippen molar-refractivity contribution in [2.75, 3.05) is 13.1 Å². The van der Waals surface area contributed by atoms with Crippen molar-refractivity contribution in [1.29, 1.82) is 0 Å². The van der Waals surface area contributed by atoms with Gasteiger partial charge in [0.1, 0.15) is 0 Å². The van der Waals surface area contributed by atoms with E-state index in [4.69, 9.17) is 0 Å². The van der Waals surface area contributed by atoms with E-state index in [0.717, 1.165) is 17.5 Å². The van der Waals surface area contributed by atoms with Gasteiger partial charge in [0, 0.05) is 24.5 Å². The van der Waals surface area contributed by atoms with Crippen LogP contribution >= 0.6 is 11.3 Å². The largest absolute Gasteiger partial charge is 0.347 e. The van der Waals surface area contributed by atoms with Gasteiger partial charge in [0.05, 0.1) is 9.77 Å². The second-order valence-electron chi connectivity index (χ2n) is 5.99. The predicted octanol–water partition coefficient (Wildman–Crippen LogP) is 3.58. The smallest absolute Gasteiger partial charge is 0.261 e. The van der Waals surface area contributed by atoms with Crippen LogP contribution in [0.1, 0.15) is 46.4 Å². The summed E-state index contributed by atoms with van der Waals surface area (Å²) < 4.78 is 26.4. The van der Waals surface area contributed by atoms with Gasteiger partial charge in [0.15, 0.2) is 0 Å². The third-order valence-corrected chi connectivity index (χ3v) is 7.73. The molecule has 0 spiro atoms. The molecule has 1 heterocycles. The first kappa shape index (κ1) is 20.6. The number of nitrogens with zero attached hydrogens (tertiary/aromatic N) is 1. The van der Waals surface area contributed by atoms with Gasteiger partial charge in [-0.2, -0.15) is 4.31 Å². The highest BCUT2D eigenvalue weighted by atomic mass is 32.2. The van der Waals surface area contributed by atoms with Crippen LogP contribution in [0.4, 0.5) is 0 Å². The molecule has 0 fully saturated rings. The molecule has 26 heavy (non-hydrogen) atoms. The highest BCUT2D eigenvalue weighted by molar-refractivity contribution is 7.89. The molecule has 142 valence electrons. The molecule has 0 aliphatic rings. The number of hydrogen-bond donors (Lipinski definition) is 1. The first-order chi connectivity index (χ1) is 12.3. The van der Waals surface area contributed by atoms with Crippen molar-refractivity contribution in [3.63, 3.8) is 0 Å². The van der Waals surface area contributed by atoms with E-state index in [1.54, 1.807) is 24.3 Å². The molecule has 0 radical (unpaired) electrons. The summed E-state index contributed by atoms with van der Waals surface area (Å²) in [5.74, 6) is -0.0994. The first-order valence-electron chi connectivity index (χ1n) is 8.80. The van der Waals surface area contributed by atoms with E-state index in [-0.39, 0.29) is 10.8 Å². The van der Waals surface area contributed by atoms with Crippen LogP contribution in [0.25, 0.3) is 0 Å². The van der Waals surface area contributed by atoms with Gasteiger partial charge in [-0.3, -0.25) is 4.79 Å². The Labute approximate surface area is 160 Å². The van der Waals surface area contributed by atoms with Crippen LogP contribution in [-0.2, 0) is 23.0 Å². The number of thiophene rings is 1. The molecule has 1 aromatic heterocycles. The zero-order valence-corrected chi connectivity index (χ0v) is 17.3. The Kier molecular flexibility index (Phi) is 6.97. The summed E-state index contributed by atoms with van der Waals surface area (Å²) in [4.78, 5) is 14.5. The molecule has 0 unspecified atom stereocenters. The van der Waals surface area contributed by atoms with Crippen molar-refractivity contribution in [2.45, 2.75) is 45.6 Å². The summed E-state index contributed by atoms with van der Waals surface area (Å²) in [6, 6.07) is 8.60. The second kappa shape index (κ2) is 8.79. The summed E-state index contributed by atoms with van der Waals surface area (Å²) >= 11 is 1.52. The van der Waals surface area contributed by atoms with Crippen molar-refractivity contribution in [1.82, 2.24) is 9.62 Å². The van der Waals surface area contributed by atoms with Crippen LogP contribution in [0.3, 0.4) is 0 Å². The van der Waals surface area contributed by atoms with Gasteiger partial charge in [0.2, 0.25) is 10.0 Å². The number of aryl methyl sites for hydroxylation is 2. The van der Waals surface area contributed by atoms with Gasteiger partial charge >= 0.3 is 0 Å². The molecule has 2 rings (SSSR count). The average Bonchev–Trinajstić information content (AvgIpc) is 3.01. The van der Waals surface area contributed by atoms with E-state index >= 15 is 0 Å². The molecule has 0 bridgehead atoms. The molecular weight excluding hydrogens is 368 g/mol. The number of nitrogens with one attached hydrogen (secondary N) is 1. The third kappa shape index (κ3) is 4.52.